The maximum Gasteiger partial charge on any atom is 0.224 e. The molecule has 0 bridgehead atoms. The summed E-state index contributed by atoms with van der Waals surface area (Å²) >= 11 is 9.41. The van der Waals surface area contributed by atoms with Gasteiger partial charge in [0.1, 0.15) is 5.37 Å². The molecule has 0 spiro atoms. The van der Waals surface area contributed by atoms with Crippen molar-refractivity contribution in [2.24, 2.45) is 0 Å². The molecule has 1 unspecified atom stereocenters. The summed E-state index contributed by atoms with van der Waals surface area (Å²) in [4.78, 5) is 15.4. The second kappa shape index (κ2) is 6.20. The standard InChI is InChI=1S/C15H14ClNOS2/c16-13-7-6-12(20-13)15-17(14(18)8-9-19-15)10-11-4-2-1-3-5-11/h1-7,15H,8-10H2. The molecule has 1 amide bonds. The largest absolute Gasteiger partial charge is 0.321 e. The molecular formula is C15H14ClNOS2. The first-order valence-electron chi connectivity index (χ1n) is 6.44. The van der Waals surface area contributed by atoms with E-state index in [0.29, 0.717) is 13.0 Å². The lowest BCUT2D eigenvalue weighted by molar-refractivity contribution is -0.132. The second-order valence-electron chi connectivity index (χ2n) is 4.62. The highest BCUT2D eigenvalue weighted by Gasteiger charge is 2.30. The van der Waals surface area contributed by atoms with Crippen LogP contribution >= 0.6 is 34.7 Å². The van der Waals surface area contributed by atoms with Gasteiger partial charge < -0.3 is 4.90 Å². The van der Waals surface area contributed by atoms with Crippen molar-refractivity contribution in [3.63, 3.8) is 0 Å². The number of halogens is 1. The summed E-state index contributed by atoms with van der Waals surface area (Å²) in [6.45, 7) is 0.660. The van der Waals surface area contributed by atoms with Crippen LogP contribution in [0.25, 0.3) is 0 Å². The van der Waals surface area contributed by atoms with E-state index in [-0.39, 0.29) is 11.3 Å². The van der Waals surface area contributed by atoms with Gasteiger partial charge in [0.2, 0.25) is 5.91 Å². The van der Waals surface area contributed by atoms with Crippen molar-refractivity contribution >= 4 is 40.6 Å². The molecule has 2 aromatic rings. The molecule has 1 aliphatic heterocycles. The molecule has 1 atom stereocenters. The van der Waals surface area contributed by atoms with Gasteiger partial charge in [-0.25, -0.2) is 0 Å². The number of carbonyl (C=O) groups is 1. The zero-order valence-corrected chi connectivity index (χ0v) is 13.2. The van der Waals surface area contributed by atoms with Crippen LogP contribution in [0, 0.1) is 0 Å². The summed E-state index contributed by atoms with van der Waals surface area (Å²) in [5, 5.41) is 0.0916. The lowest BCUT2D eigenvalue weighted by Gasteiger charge is -2.34. The van der Waals surface area contributed by atoms with E-state index >= 15 is 0 Å². The topological polar surface area (TPSA) is 20.3 Å². The fourth-order valence-corrected chi connectivity index (χ4v) is 4.80. The fourth-order valence-electron chi connectivity index (χ4n) is 2.27. The van der Waals surface area contributed by atoms with E-state index in [4.69, 9.17) is 11.6 Å². The third-order valence-electron chi connectivity index (χ3n) is 3.23. The molecule has 1 aromatic heterocycles. The Morgan fingerprint density at radius 2 is 2.00 bits per heavy atom. The Hall–Kier alpha value is -0.970. The average molecular weight is 324 g/mol. The van der Waals surface area contributed by atoms with Crippen LogP contribution in [0.4, 0.5) is 0 Å². The molecule has 2 heterocycles. The molecule has 1 aromatic carbocycles. The fraction of sp³-hybridized carbons (Fsp3) is 0.267. The number of thioether (sulfide) groups is 1. The van der Waals surface area contributed by atoms with Crippen LogP contribution in [-0.4, -0.2) is 16.6 Å². The maximum atomic E-state index is 12.3. The molecule has 3 rings (SSSR count). The number of hydrogen-bond acceptors (Lipinski definition) is 3. The molecule has 0 N–H and O–H groups in total. The summed E-state index contributed by atoms with van der Waals surface area (Å²) in [5.74, 6) is 1.10. The SMILES string of the molecule is O=C1CCSC(c2ccc(Cl)s2)N1Cc1ccccc1. The van der Waals surface area contributed by atoms with Gasteiger partial charge in [0.05, 0.1) is 4.34 Å². The molecular weight excluding hydrogens is 310 g/mol. The van der Waals surface area contributed by atoms with E-state index in [2.05, 4.69) is 12.1 Å². The Morgan fingerprint density at radius 3 is 2.70 bits per heavy atom. The van der Waals surface area contributed by atoms with Crippen LogP contribution in [0.15, 0.2) is 42.5 Å². The Kier molecular flexibility index (Phi) is 4.34. The van der Waals surface area contributed by atoms with Gasteiger partial charge in [0.25, 0.3) is 0 Å². The molecule has 20 heavy (non-hydrogen) atoms. The van der Waals surface area contributed by atoms with Gasteiger partial charge >= 0.3 is 0 Å². The first-order valence-corrected chi connectivity index (χ1v) is 8.68. The highest BCUT2D eigenvalue weighted by Crippen LogP contribution is 2.41. The minimum atomic E-state index is 0.0916. The predicted octanol–water partition coefficient (Wildman–Crippen LogP) is 4.57. The minimum Gasteiger partial charge on any atom is -0.321 e. The summed E-state index contributed by atoms with van der Waals surface area (Å²) in [6.07, 6.45) is 0.618. The third-order valence-corrected chi connectivity index (χ3v) is 5.92. The van der Waals surface area contributed by atoms with Crippen LogP contribution in [0.5, 0.6) is 0 Å². The van der Waals surface area contributed by atoms with Crippen molar-refractivity contribution in [2.45, 2.75) is 18.3 Å². The lowest BCUT2D eigenvalue weighted by Crippen LogP contribution is -2.36. The van der Waals surface area contributed by atoms with E-state index in [0.717, 1.165) is 20.5 Å². The summed E-state index contributed by atoms with van der Waals surface area (Å²) in [5.41, 5.74) is 1.16. The first kappa shape index (κ1) is 14.0. The highest BCUT2D eigenvalue weighted by atomic mass is 35.5. The number of amides is 1. The summed E-state index contributed by atoms with van der Waals surface area (Å²) in [7, 11) is 0. The van der Waals surface area contributed by atoms with Gasteiger partial charge in [0.15, 0.2) is 0 Å². The normalized spacial score (nSPS) is 19.4. The summed E-state index contributed by atoms with van der Waals surface area (Å²) < 4.78 is 0.776. The van der Waals surface area contributed by atoms with Gasteiger partial charge in [-0.15, -0.1) is 23.1 Å². The maximum absolute atomic E-state index is 12.3. The van der Waals surface area contributed by atoms with Crippen molar-refractivity contribution in [3.8, 4) is 0 Å². The van der Waals surface area contributed by atoms with Crippen molar-refractivity contribution in [1.82, 2.24) is 4.90 Å². The van der Waals surface area contributed by atoms with Crippen molar-refractivity contribution in [1.29, 1.82) is 0 Å². The van der Waals surface area contributed by atoms with Gasteiger partial charge in [-0.2, -0.15) is 0 Å². The van der Waals surface area contributed by atoms with Crippen LogP contribution in [-0.2, 0) is 11.3 Å². The van der Waals surface area contributed by atoms with Crippen molar-refractivity contribution in [2.75, 3.05) is 5.75 Å². The zero-order chi connectivity index (χ0) is 13.9. The number of thiophene rings is 1. The number of hydrogen-bond donors (Lipinski definition) is 0. The van der Waals surface area contributed by atoms with Crippen molar-refractivity contribution < 1.29 is 4.79 Å². The van der Waals surface area contributed by atoms with E-state index in [9.17, 15) is 4.79 Å². The van der Waals surface area contributed by atoms with Gasteiger partial charge in [-0.3, -0.25) is 4.79 Å². The Bertz CT molecular complexity index is 599. The lowest BCUT2D eigenvalue weighted by atomic mass is 10.2. The zero-order valence-electron chi connectivity index (χ0n) is 10.8. The van der Waals surface area contributed by atoms with Crippen LogP contribution in [0.1, 0.15) is 22.2 Å². The molecule has 1 saturated heterocycles. The average Bonchev–Trinajstić information content (AvgIpc) is 2.89. The predicted molar refractivity (Wildman–Crippen MR) is 86.1 cm³/mol. The molecule has 5 heteroatoms. The minimum absolute atomic E-state index is 0.0916. The van der Waals surface area contributed by atoms with E-state index < -0.39 is 0 Å². The third kappa shape index (κ3) is 3.03. The molecule has 0 radical (unpaired) electrons. The second-order valence-corrected chi connectivity index (χ2v) is 7.56. The highest BCUT2D eigenvalue weighted by molar-refractivity contribution is 7.99. The molecule has 1 aliphatic rings. The Balaban J connectivity index is 1.85. The quantitative estimate of drug-likeness (QED) is 0.825. The molecule has 2 nitrogen and oxygen atoms in total. The monoisotopic (exact) mass is 323 g/mol. The molecule has 0 aliphatic carbocycles. The van der Waals surface area contributed by atoms with Gasteiger partial charge in [-0.05, 0) is 17.7 Å². The number of rotatable bonds is 3. The van der Waals surface area contributed by atoms with Gasteiger partial charge in [-0.1, -0.05) is 41.9 Å². The first-order chi connectivity index (χ1) is 9.74. The van der Waals surface area contributed by atoms with Gasteiger partial charge in [0, 0.05) is 23.6 Å². The number of nitrogens with zero attached hydrogens (tertiary/aromatic N) is 1. The molecule has 104 valence electrons. The van der Waals surface area contributed by atoms with E-state index in [1.807, 2.05) is 47.0 Å². The molecule has 0 saturated carbocycles. The number of benzene rings is 1. The van der Waals surface area contributed by atoms with E-state index in [1.165, 1.54) is 0 Å². The van der Waals surface area contributed by atoms with Crippen molar-refractivity contribution in [3.05, 3.63) is 57.2 Å². The van der Waals surface area contributed by atoms with Crippen LogP contribution < -0.4 is 0 Å². The Morgan fingerprint density at radius 1 is 1.20 bits per heavy atom. The molecule has 1 fully saturated rings. The van der Waals surface area contributed by atoms with E-state index in [1.54, 1.807) is 11.3 Å². The smallest absolute Gasteiger partial charge is 0.224 e. The number of carbonyl (C=O) groups excluding carboxylic acids is 1. The van der Waals surface area contributed by atoms with Crippen LogP contribution in [0.3, 0.4) is 0 Å². The summed E-state index contributed by atoms with van der Waals surface area (Å²) in [6, 6.07) is 14.1. The Labute approximate surface area is 131 Å². The van der Waals surface area contributed by atoms with Crippen LogP contribution in [0.2, 0.25) is 4.34 Å².